The van der Waals surface area contributed by atoms with E-state index < -0.39 is 32.2 Å². The molecule has 0 radical (unpaired) electrons. The van der Waals surface area contributed by atoms with Gasteiger partial charge in [-0.15, -0.1) is 0 Å². The van der Waals surface area contributed by atoms with Gasteiger partial charge in [0.25, 0.3) is 0 Å². The number of hydrogen-bond donors (Lipinski definition) is 1. The lowest BCUT2D eigenvalue weighted by Gasteiger charge is -2.27. The summed E-state index contributed by atoms with van der Waals surface area (Å²) in [5, 5.41) is 11.6. The van der Waals surface area contributed by atoms with Crippen molar-refractivity contribution >= 4 is 21.6 Å². The summed E-state index contributed by atoms with van der Waals surface area (Å²) >= 11 is 6.16. The Labute approximate surface area is 180 Å². The van der Waals surface area contributed by atoms with E-state index >= 15 is 0 Å². The zero-order chi connectivity index (χ0) is 22.1. The molecule has 1 saturated heterocycles. The van der Waals surface area contributed by atoms with Crippen molar-refractivity contribution in [3.8, 4) is 5.75 Å². The Hall–Kier alpha value is -1.74. The van der Waals surface area contributed by atoms with Crippen molar-refractivity contribution in [3.05, 3.63) is 58.1 Å². The van der Waals surface area contributed by atoms with Crippen LogP contribution in [-0.2, 0) is 10.0 Å². The lowest BCUT2D eigenvalue weighted by Crippen LogP contribution is -2.38. The Kier molecular flexibility index (Phi) is 6.72. The van der Waals surface area contributed by atoms with E-state index in [1.165, 1.54) is 0 Å². The van der Waals surface area contributed by atoms with Gasteiger partial charge in [0.05, 0.1) is 5.60 Å². The van der Waals surface area contributed by atoms with Crippen LogP contribution < -0.4 is 4.74 Å². The Balaban J connectivity index is 1.70. The van der Waals surface area contributed by atoms with Crippen molar-refractivity contribution in [3.63, 3.8) is 0 Å². The summed E-state index contributed by atoms with van der Waals surface area (Å²) in [4.78, 5) is -0.572. The van der Waals surface area contributed by atoms with Crippen LogP contribution in [0.4, 0.5) is 8.78 Å². The summed E-state index contributed by atoms with van der Waals surface area (Å²) in [7, 11) is -4.14. The summed E-state index contributed by atoms with van der Waals surface area (Å²) in [5.74, 6) is -1.40. The van der Waals surface area contributed by atoms with E-state index in [1.54, 1.807) is 12.1 Å². The fourth-order valence-electron chi connectivity index (χ4n) is 3.57. The molecular weight excluding hydrogens is 436 g/mol. The minimum Gasteiger partial charge on any atom is -0.491 e. The highest BCUT2D eigenvalue weighted by Crippen LogP contribution is 2.30. The van der Waals surface area contributed by atoms with Crippen molar-refractivity contribution < 1.29 is 27.0 Å². The second-order valence-electron chi connectivity index (χ2n) is 7.72. The summed E-state index contributed by atoms with van der Waals surface area (Å²) in [5.41, 5.74) is 0.490. The van der Waals surface area contributed by atoms with Gasteiger partial charge >= 0.3 is 0 Å². The monoisotopic (exact) mass is 459 g/mol. The fraction of sp³-hybridized carbons (Fsp3) is 0.429. The molecule has 2 aromatic carbocycles. The molecule has 0 saturated carbocycles. The van der Waals surface area contributed by atoms with Crippen LogP contribution in [0.1, 0.15) is 30.4 Å². The maximum atomic E-state index is 14.0. The van der Waals surface area contributed by atoms with Gasteiger partial charge in [0.15, 0.2) is 0 Å². The van der Waals surface area contributed by atoms with Gasteiger partial charge in [-0.3, -0.25) is 0 Å². The third-order valence-corrected chi connectivity index (χ3v) is 7.83. The first kappa shape index (κ1) is 22.9. The van der Waals surface area contributed by atoms with E-state index in [9.17, 15) is 22.3 Å². The number of halogens is 3. The van der Waals surface area contributed by atoms with Crippen LogP contribution in [-0.4, -0.2) is 43.1 Å². The van der Waals surface area contributed by atoms with Crippen LogP contribution in [0.5, 0.6) is 5.75 Å². The molecule has 0 amide bonds. The molecule has 1 N–H and O–H groups in total. The first-order chi connectivity index (χ1) is 14.0. The number of benzene rings is 2. The number of ether oxygens (including phenoxy) is 1. The van der Waals surface area contributed by atoms with Crippen molar-refractivity contribution in [2.45, 2.75) is 43.6 Å². The Morgan fingerprint density at radius 3 is 2.43 bits per heavy atom. The molecule has 1 atom stereocenters. The summed E-state index contributed by atoms with van der Waals surface area (Å²) < 4.78 is 59.7. The molecule has 0 spiro atoms. The average molecular weight is 460 g/mol. The molecule has 3 rings (SSSR count). The lowest BCUT2D eigenvalue weighted by atomic mass is 9.96. The number of aryl methyl sites for hydroxylation is 2. The van der Waals surface area contributed by atoms with Gasteiger partial charge < -0.3 is 9.84 Å². The van der Waals surface area contributed by atoms with E-state index in [1.807, 2.05) is 13.8 Å². The normalized spacial score (nSPS) is 20.7. The van der Waals surface area contributed by atoms with E-state index in [0.29, 0.717) is 29.7 Å². The van der Waals surface area contributed by atoms with Gasteiger partial charge in [0, 0.05) is 24.2 Å². The zero-order valence-corrected chi connectivity index (χ0v) is 18.4. The zero-order valence-electron chi connectivity index (χ0n) is 16.8. The Morgan fingerprint density at radius 1 is 1.13 bits per heavy atom. The standard InChI is InChI=1S/C21H24ClF2NO4S/c1-14-10-17(11-15(2)20(14)22)29-13-21(26)6-3-8-25(9-7-21)30(27,28)19-5-4-16(23)12-18(19)24/h4-5,10-12,26H,3,6-9,13H2,1-2H3. The van der Waals surface area contributed by atoms with E-state index in [0.717, 1.165) is 27.6 Å². The summed E-state index contributed by atoms with van der Waals surface area (Å²) in [6.45, 7) is 3.84. The molecule has 30 heavy (non-hydrogen) atoms. The molecule has 9 heteroatoms. The molecule has 1 fully saturated rings. The van der Waals surface area contributed by atoms with Gasteiger partial charge in [-0.25, -0.2) is 17.2 Å². The predicted octanol–water partition coefficient (Wildman–Crippen LogP) is 4.22. The Bertz CT molecular complexity index is 1020. The van der Waals surface area contributed by atoms with Gasteiger partial charge in [0.2, 0.25) is 10.0 Å². The lowest BCUT2D eigenvalue weighted by molar-refractivity contribution is -0.0156. The van der Waals surface area contributed by atoms with Crippen LogP contribution in [0.2, 0.25) is 5.02 Å². The second-order valence-corrected chi connectivity index (χ2v) is 10.0. The molecule has 0 bridgehead atoms. The van der Waals surface area contributed by atoms with Gasteiger partial charge in [0.1, 0.15) is 28.9 Å². The molecule has 1 unspecified atom stereocenters. The molecule has 1 aliphatic rings. The third-order valence-electron chi connectivity index (χ3n) is 5.31. The van der Waals surface area contributed by atoms with E-state index in [-0.39, 0.29) is 26.1 Å². The van der Waals surface area contributed by atoms with Crippen LogP contribution in [0, 0.1) is 25.5 Å². The molecular formula is C21H24ClF2NO4S. The topological polar surface area (TPSA) is 66.8 Å². The van der Waals surface area contributed by atoms with Gasteiger partial charge in [-0.2, -0.15) is 4.31 Å². The molecule has 164 valence electrons. The molecule has 1 heterocycles. The molecule has 2 aromatic rings. The maximum absolute atomic E-state index is 14.0. The predicted molar refractivity (Wildman–Crippen MR) is 110 cm³/mol. The number of nitrogens with zero attached hydrogens (tertiary/aromatic N) is 1. The molecule has 1 aliphatic heterocycles. The minimum absolute atomic E-state index is 0.00230. The first-order valence-electron chi connectivity index (χ1n) is 9.59. The van der Waals surface area contributed by atoms with Crippen molar-refractivity contribution in [2.24, 2.45) is 0 Å². The highest BCUT2D eigenvalue weighted by atomic mass is 35.5. The number of sulfonamides is 1. The van der Waals surface area contributed by atoms with Crippen LogP contribution in [0.25, 0.3) is 0 Å². The van der Waals surface area contributed by atoms with Crippen LogP contribution >= 0.6 is 11.6 Å². The van der Waals surface area contributed by atoms with Gasteiger partial charge in [-0.1, -0.05) is 11.6 Å². The minimum atomic E-state index is -4.14. The number of rotatable bonds is 5. The SMILES string of the molecule is Cc1cc(OCC2(O)CCCN(S(=O)(=O)c3ccc(F)cc3F)CC2)cc(C)c1Cl. The quantitative estimate of drug-likeness (QED) is 0.727. The molecule has 0 aliphatic carbocycles. The van der Waals surface area contributed by atoms with Crippen molar-refractivity contribution in [1.82, 2.24) is 4.31 Å². The van der Waals surface area contributed by atoms with Gasteiger partial charge in [-0.05, 0) is 68.5 Å². The smallest absolute Gasteiger partial charge is 0.245 e. The maximum Gasteiger partial charge on any atom is 0.245 e. The molecule has 0 aromatic heterocycles. The summed E-state index contributed by atoms with van der Waals surface area (Å²) in [6, 6.07) is 5.94. The van der Waals surface area contributed by atoms with Crippen molar-refractivity contribution in [1.29, 1.82) is 0 Å². The highest BCUT2D eigenvalue weighted by Gasteiger charge is 2.36. The van der Waals surface area contributed by atoms with E-state index in [2.05, 4.69) is 0 Å². The Morgan fingerprint density at radius 2 is 1.80 bits per heavy atom. The van der Waals surface area contributed by atoms with Crippen LogP contribution in [0.3, 0.4) is 0 Å². The third kappa shape index (κ3) is 4.94. The summed E-state index contributed by atoms with van der Waals surface area (Å²) in [6.07, 6.45) is 0.831. The van der Waals surface area contributed by atoms with Crippen molar-refractivity contribution in [2.75, 3.05) is 19.7 Å². The number of aliphatic hydroxyl groups is 1. The fourth-order valence-corrected chi connectivity index (χ4v) is 5.20. The molecule has 5 nitrogen and oxygen atoms in total. The highest BCUT2D eigenvalue weighted by molar-refractivity contribution is 7.89. The number of hydrogen-bond acceptors (Lipinski definition) is 4. The van der Waals surface area contributed by atoms with E-state index in [4.69, 9.17) is 16.3 Å². The first-order valence-corrected chi connectivity index (χ1v) is 11.4. The largest absolute Gasteiger partial charge is 0.491 e. The van der Waals surface area contributed by atoms with Crippen LogP contribution in [0.15, 0.2) is 35.2 Å². The second kappa shape index (κ2) is 8.78. The average Bonchev–Trinajstić information content (AvgIpc) is 2.87.